The first kappa shape index (κ1) is 22.3. The molecule has 1 aliphatic rings. The number of rotatable bonds is 11. The van der Waals surface area contributed by atoms with Crippen molar-refractivity contribution < 1.29 is 22.7 Å². The standard InChI is InChI=1S/C19H29N3O5S/c1-3-4-11-22-14-15(13-18(22)23)19(24)21-16-6-8-17(9-7-16)28(25,26)20-10-5-12-27-2/h6-9,15,20H,3-5,10-14H2,1-2H3,(H,21,24)/t15-/m1/s1. The highest BCUT2D eigenvalue weighted by atomic mass is 32.2. The molecule has 0 aliphatic carbocycles. The summed E-state index contributed by atoms with van der Waals surface area (Å²) in [6.07, 6.45) is 2.72. The largest absolute Gasteiger partial charge is 0.385 e. The van der Waals surface area contributed by atoms with E-state index in [9.17, 15) is 18.0 Å². The summed E-state index contributed by atoms with van der Waals surface area (Å²) in [5.41, 5.74) is 0.503. The molecular formula is C19H29N3O5S. The second kappa shape index (κ2) is 10.5. The zero-order valence-electron chi connectivity index (χ0n) is 16.4. The molecule has 2 amide bonds. The molecule has 0 unspecified atom stereocenters. The fraction of sp³-hybridized carbons (Fsp3) is 0.579. The molecule has 2 N–H and O–H groups in total. The maximum absolute atomic E-state index is 12.4. The van der Waals surface area contributed by atoms with Crippen LogP contribution in [0.5, 0.6) is 0 Å². The van der Waals surface area contributed by atoms with Crippen molar-refractivity contribution in [1.82, 2.24) is 9.62 Å². The monoisotopic (exact) mass is 411 g/mol. The number of nitrogens with one attached hydrogen (secondary N) is 2. The average Bonchev–Trinajstić information content (AvgIpc) is 3.05. The topological polar surface area (TPSA) is 105 Å². The molecule has 8 nitrogen and oxygen atoms in total. The lowest BCUT2D eigenvalue weighted by molar-refractivity contribution is -0.128. The number of likely N-dealkylation sites (tertiary alicyclic amines) is 1. The Morgan fingerprint density at radius 1 is 1.25 bits per heavy atom. The molecule has 1 aromatic rings. The van der Waals surface area contributed by atoms with Gasteiger partial charge in [0.05, 0.1) is 10.8 Å². The summed E-state index contributed by atoms with van der Waals surface area (Å²) >= 11 is 0. The number of anilines is 1. The van der Waals surface area contributed by atoms with Gasteiger partial charge in [0.15, 0.2) is 0 Å². The molecule has 0 saturated carbocycles. The Bertz CT molecular complexity index is 764. The lowest BCUT2D eigenvalue weighted by atomic mass is 10.1. The van der Waals surface area contributed by atoms with E-state index < -0.39 is 10.0 Å². The van der Waals surface area contributed by atoms with Crippen LogP contribution in [0.1, 0.15) is 32.6 Å². The molecule has 2 rings (SSSR count). The number of methoxy groups -OCH3 is 1. The Kier molecular flexibility index (Phi) is 8.40. The normalized spacial score (nSPS) is 17.1. The van der Waals surface area contributed by atoms with Crippen LogP contribution in [0, 0.1) is 5.92 Å². The SMILES string of the molecule is CCCCN1C[C@H](C(=O)Nc2ccc(S(=O)(=O)NCCCOC)cc2)CC1=O. The van der Waals surface area contributed by atoms with Crippen LogP contribution >= 0.6 is 0 Å². The van der Waals surface area contributed by atoms with Gasteiger partial charge in [-0.3, -0.25) is 9.59 Å². The van der Waals surface area contributed by atoms with Gasteiger partial charge in [-0.1, -0.05) is 13.3 Å². The summed E-state index contributed by atoms with van der Waals surface area (Å²) in [6, 6.07) is 5.99. The first-order valence-corrected chi connectivity index (χ1v) is 11.0. The van der Waals surface area contributed by atoms with E-state index in [0.29, 0.717) is 38.3 Å². The number of hydrogen-bond acceptors (Lipinski definition) is 5. The first-order chi connectivity index (χ1) is 13.4. The third-order valence-corrected chi connectivity index (χ3v) is 6.09. The number of sulfonamides is 1. The maximum Gasteiger partial charge on any atom is 0.240 e. The van der Waals surface area contributed by atoms with Gasteiger partial charge < -0.3 is 15.0 Å². The minimum atomic E-state index is -3.59. The number of ether oxygens (including phenoxy) is 1. The molecule has 0 radical (unpaired) electrons. The highest BCUT2D eigenvalue weighted by Gasteiger charge is 2.33. The predicted molar refractivity (Wildman–Crippen MR) is 106 cm³/mol. The van der Waals surface area contributed by atoms with Crippen LogP contribution in [0.4, 0.5) is 5.69 Å². The summed E-state index contributed by atoms with van der Waals surface area (Å²) in [5.74, 6) is -0.592. The summed E-state index contributed by atoms with van der Waals surface area (Å²) in [4.78, 5) is 26.3. The molecule has 156 valence electrons. The molecule has 0 bridgehead atoms. The van der Waals surface area contributed by atoms with E-state index in [1.165, 1.54) is 12.1 Å². The van der Waals surface area contributed by atoms with E-state index >= 15 is 0 Å². The Morgan fingerprint density at radius 2 is 1.96 bits per heavy atom. The highest BCUT2D eigenvalue weighted by molar-refractivity contribution is 7.89. The smallest absolute Gasteiger partial charge is 0.240 e. The number of unbranched alkanes of at least 4 members (excludes halogenated alkanes) is 1. The van der Waals surface area contributed by atoms with Crippen molar-refractivity contribution in [2.45, 2.75) is 37.5 Å². The van der Waals surface area contributed by atoms with E-state index in [1.54, 1.807) is 24.1 Å². The lowest BCUT2D eigenvalue weighted by Crippen LogP contribution is -2.29. The minimum Gasteiger partial charge on any atom is -0.385 e. The van der Waals surface area contributed by atoms with Crippen LogP contribution in [0.15, 0.2) is 29.2 Å². The van der Waals surface area contributed by atoms with Gasteiger partial charge in [-0.15, -0.1) is 0 Å². The Hall–Kier alpha value is -1.97. The van der Waals surface area contributed by atoms with Crippen molar-refractivity contribution in [3.05, 3.63) is 24.3 Å². The van der Waals surface area contributed by atoms with Crippen molar-refractivity contribution in [2.75, 3.05) is 38.7 Å². The van der Waals surface area contributed by atoms with E-state index in [1.807, 2.05) is 0 Å². The van der Waals surface area contributed by atoms with Crippen LogP contribution in [0.3, 0.4) is 0 Å². The van der Waals surface area contributed by atoms with Crippen LogP contribution in [-0.2, 0) is 24.3 Å². The van der Waals surface area contributed by atoms with Gasteiger partial charge in [-0.25, -0.2) is 13.1 Å². The summed E-state index contributed by atoms with van der Waals surface area (Å²) < 4.78 is 31.8. The molecule has 1 heterocycles. The molecule has 1 fully saturated rings. The third-order valence-electron chi connectivity index (χ3n) is 4.62. The first-order valence-electron chi connectivity index (χ1n) is 9.54. The highest BCUT2D eigenvalue weighted by Crippen LogP contribution is 2.21. The molecule has 9 heteroatoms. The number of carbonyl (C=O) groups excluding carboxylic acids is 2. The van der Waals surface area contributed by atoms with Gasteiger partial charge >= 0.3 is 0 Å². The van der Waals surface area contributed by atoms with E-state index in [-0.39, 0.29) is 29.0 Å². The quantitative estimate of drug-likeness (QED) is 0.538. The molecular weight excluding hydrogens is 382 g/mol. The van der Waals surface area contributed by atoms with Crippen molar-refractivity contribution in [2.24, 2.45) is 5.92 Å². The van der Waals surface area contributed by atoms with E-state index in [0.717, 1.165) is 12.8 Å². The van der Waals surface area contributed by atoms with Gasteiger partial charge in [0.25, 0.3) is 0 Å². The van der Waals surface area contributed by atoms with Crippen molar-refractivity contribution >= 4 is 27.5 Å². The second-order valence-corrected chi connectivity index (χ2v) is 8.62. The van der Waals surface area contributed by atoms with Crippen LogP contribution < -0.4 is 10.0 Å². The van der Waals surface area contributed by atoms with Crippen LogP contribution in [0.2, 0.25) is 0 Å². The lowest BCUT2D eigenvalue weighted by Gasteiger charge is -2.16. The Balaban J connectivity index is 1.90. The van der Waals surface area contributed by atoms with Crippen molar-refractivity contribution in [3.8, 4) is 0 Å². The fourth-order valence-electron chi connectivity index (χ4n) is 2.98. The molecule has 0 spiro atoms. The predicted octanol–water partition coefficient (Wildman–Crippen LogP) is 1.59. The van der Waals surface area contributed by atoms with Gasteiger partial charge in [0, 0.05) is 45.5 Å². The zero-order valence-corrected chi connectivity index (χ0v) is 17.3. The molecule has 0 aromatic heterocycles. The van der Waals surface area contributed by atoms with Crippen molar-refractivity contribution in [1.29, 1.82) is 0 Å². The van der Waals surface area contributed by atoms with Gasteiger partial charge in [-0.05, 0) is 37.1 Å². The molecule has 1 aromatic carbocycles. The number of carbonyl (C=O) groups is 2. The van der Waals surface area contributed by atoms with Gasteiger partial charge in [0.1, 0.15) is 0 Å². The van der Waals surface area contributed by atoms with E-state index in [4.69, 9.17) is 4.74 Å². The molecule has 1 atom stereocenters. The molecule has 1 aliphatic heterocycles. The average molecular weight is 412 g/mol. The summed E-state index contributed by atoms with van der Waals surface area (Å²) in [5, 5.41) is 2.77. The van der Waals surface area contributed by atoms with Gasteiger partial charge in [0.2, 0.25) is 21.8 Å². The van der Waals surface area contributed by atoms with Crippen molar-refractivity contribution in [3.63, 3.8) is 0 Å². The molecule has 28 heavy (non-hydrogen) atoms. The Labute approximate surface area is 166 Å². The number of nitrogens with zero attached hydrogens (tertiary/aromatic N) is 1. The number of benzene rings is 1. The van der Waals surface area contributed by atoms with Gasteiger partial charge in [-0.2, -0.15) is 0 Å². The van der Waals surface area contributed by atoms with Crippen LogP contribution in [0.25, 0.3) is 0 Å². The minimum absolute atomic E-state index is 0.00888. The maximum atomic E-state index is 12.4. The third kappa shape index (κ3) is 6.29. The zero-order chi connectivity index (χ0) is 20.6. The van der Waals surface area contributed by atoms with Crippen LogP contribution in [-0.4, -0.2) is 58.5 Å². The molecule has 1 saturated heterocycles. The number of amides is 2. The second-order valence-electron chi connectivity index (χ2n) is 6.85. The van der Waals surface area contributed by atoms with E-state index in [2.05, 4.69) is 17.0 Å². The number of hydrogen-bond donors (Lipinski definition) is 2. The summed E-state index contributed by atoms with van der Waals surface area (Å²) in [7, 11) is -2.03. The fourth-order valence-corrected chi connectivity index (χ4v) is 4.06. The summed E-state index contributed by atoms with van der Waals surface area (Å²) in [6.45, 7) is 3.95. The Morgan fingerprint density at radius 3 is 2.61 bits per heavy atom.